The second kappa shape index (κ2) is 13.4. The second-order valence-corrected chi connectivity index (χ2v) is 12.2. The SMILES string of the molecule is CC(C)c1ccccc1N1C(=O)CS/C1=N\C(=S)NC(C)C(C)c1ccc(-c2ncn(-c3ccc(OC(F)(F)F)cc3)n2)cc1. The normalized spacial score (nSPS) is 15.9. The molecule has 0 saturated carbocycles. The lowest BCUT2D eigenvalue weighted by Gasteiger charge is -2.24. The predicted molar refractivity (Wildman–Crippen MR) is 175 cm³/mol. The van der Waals surface area contributed by atoms with Crippen LogP contribution in [0.4, 0.5) is 18.9 Å². The van der Waals surface area contributed by atoms with Crippen LogP contribution in [-0.4, -0.2) is 49.1 Å². The summed E-state index contributed by atoms with van der Waals surface area (Å²) in [6.45, 7) is 8.30. The molecule has 1 N–H and O–H groups in total. The molecule has 2 unspecified atom stereocenters. The highest BCUT2D eigenvalue weighted by molar-refractivity contribution is 8.15. The Morgan fingerprint density at radius 2 is 1.71 bits per heavy atom. The maximum atomic E-state index is 12.8. The molecule has 3 aromatic carbocycles. The number of aromatic nitrogens is 3. The highest BCUT2D eigenvalue weighted by atomic mass is 32.2. The van der Waals surface area contributed by atoms with Gasteiger partial charge in [-0.3, -0.25) is 9.69 Å². The van der Waals surface area contributed by atoms with Crippen molar-refractivity contribution in [3.63, 3.8) is 0 Å². The van der Waals surface area contributed by atoms with Gasteiger partial charge in [0.2, 0.25) is 5.91 Å². The average Bonchev–Trinajstić information content (AvgIpc) is 3.63. The van der Waals surface area contributed by atoms with E-state index in [1.54, 1.807) is 4.90 Å². The van der Waals surface area contributed by atoms with Crippen molar-refractivity contribution in [2.24, 2.45) is 4.99 Å². The quantitative estimate of drug-likeness (QED) is 0.198. The Kier molecular flexibility index (Phi) is 9.59. The summed E-state index contributed by atoms with van der Waals surface area (Å²) < 4.78 is 42.7. The zero-order chi connectivity index (χ0) is 32.3. The summed E-state index contributed by atoms with van der Waals surface area (Å²) in [5, 5.41) is 8.65. The van der Waals surface area contributed by atoms with Gasteiger partial charge < -0.3 is 10.1 Å². The van der Waals surface area contributed by atoms with Crippen molar-refractivity contribution in [2.45, 2.75) is 51.9 Å². The van der Waals surface area contributed by atoms with E-state index in [2.05, 4.69) is 45.9 Å². The Balaban J connectivity index is 1.23. The molecule has 45 heavy (non-hydrogen) atoms. The van der Waals surface area contributed by atoms with Crippen LogP contribution in [0.25, 0.3) is 17.1 Å². The van der Waals surface area contributed by atoms with Crippen LogP contribution in [-0.2, 0) is 4.79 Å². The second-order valence-electron chi connectivity index (χ2n) is 10.8. The van der Waals surface area contributed by atoms with Crippen LogP contribution in [0.1, 0.15) is 50.7 Å². The molecule has 1 aromatic heterocycles. The molecule has 2 heterocycles. The molecule has 1 aliphatic heterocycles. The van der Waals surface area contributed by atoms with E-state index in [4.69, 9.17) is 12.2 Å². The fourth-order valence-corrected chi connectivity index (χ4v) is 6.04. The number of thiocarbonyl (C=S) groups is 1. The van der Waals surface area contributed by atoms with E-state index in [1.165, 1.54) is 47.0 Å². The number of alkyl halides is 3. The van der Waals surface area contributed by atoms with Gasteiger partial charge in [0.25, 0.3) is 0 Å². The number of ether oxygens (including phenoxy) is 1. The number of nitrogens with one attached hydrogen (secondary N) is 1. The minimum Gasteiger partial charge on any atom is -0.406 e. The summed E-state index contributed by atoms with van der Waals surface area (Å²) >= 11 is 6.97. The van der Waals surface area contributed by atoms with Crippen LogP contribution in [0.2, 0.25) is 0 Å². The number of thioether (sulfide) groups is 1. The van der Waals surface area contributed by atoms with E-state index in [9.17, 15) is 18.0 Å². The molecule has 4 aromatic rings. The van der Waals surface area contributed by atoms with Crippen LogP contribution in [0, 0.1) is 0 Å². The molecule has 0 aliphatic carbocycles. The molecule has 1 aliphatic rings. The van der Waals surface area contributed by atoms with Crippen LogP contribution >= 0.6 is 24.0 Å². The van der Waals surface area contributed by atoms with Crippen LogP contribution < -0.4 is 15.0 Å². The number of amidine groups is 1. The molecule has 8 nitrogen and oxygen atoms in total. The molecule has 1 amide bonds. The number of carbonyl (C=O) groups excluding carboxylic acids is 1. The summed E-state index contributed by atoms with van der Waals surface area (Å²) in [5.41, 5.74) is 4.29. The Hall–Kier alpha value is -4.23. The highest BCUT2D eigenvalue weighted by Gasteiger charge is 2.32. The first-order chi connectivity index (χ1) is 21.4. The van der Waals surface area contributed by atoms with Crippen LogP contribution in [0.3, 0.4) is 0 Å². The highest BCUT2D eigenvalue weighted by Crippen LogP contribution is 2.33. The molecule has 13 heteroatoms. The fraction of sp³-hybridized carbons (Fsp3) is 0.281. The number of benzene rings is 3. The third-order valence-corrected chi connectivity index (χ3v) is 8.52. The standard InChI is InChI=1S/C32H31F3N6O2S2/c1-19(2)26-7-5-6-8-27(26)41-28(42)17-45-31(41)38-30(44)37-21(4)20(3)22-9-11-23(12-10-22)29-36-18-40(39-29)24-13-15-25(16-14-24)43-32(33,34)35/h5-16,18-21H,17H2,1-4H3,(H,37,44)/b38-31-. The lowest BCUT2D eigenvalue weighted by Crippen LogP contribution is -2.36. The topological polar surface area (TPSA) is 84.6 Å². The molecular formula is C32H31F3N6O2S2. The molecule has 5 rings (SSSR count). The van der Waals surface area contributed by atoms with E-state index < -0.39 is 6.36 Å². The van der Waals surface area contributed by atoms with Crippen molar-refractivity contribution in [3.05, 3.63) is 90.3 Å². The lowest BCUT2D eigenvalue weighted by molar-refractivity contribution is -0.274. The van der Waals surface area contributed by atoms with Crippen molar-refractivity contribution >= 4 is 45.9 Å². The molecule has 0 radical (unpaired) electrons. The van der Waals surface area contributed by atoms with Gasteiger partial charge in [0, 0.05) is 17.5 Å². The Morgan fingerprint density at radius 3 is 2.38 bits per heavy atom. The van der Waals surface area contributed by atoms with Gasteiger partial charge in [-0.25, -0.2) is 9.67 Å². The van der Waals surface area contributed by atoms with E-state index in [1.807, 2.05) is 55.5 Å². The molecule has 1 fully saturated rings. The third-order valence-electron chi connectivity index (χ3n) is 7.38. The zero-order valence-corrected chi connectivity index (χ0v) is 26.6. The summed E-state index contributed by atoms with van der Waals surface area (Å²) in [7, 11) is 0. The number of carbonyl (C=O) groups is 1. The molecular weight excluding hydrogens is 622 g/mol. The van der Waals surface area contributed by atoms with Gasteiger partial charge in [-0.05, 0) is 66.5 Å². The monoisotopic (exact) mass is 652 g/mol. The van der Waals surface area contributed by atoms with Gasteiger partial charge in [-0.2, -0.15) is 4.99 Å². The van der Waals surface area contributed by atoms with Gasteiger partial charge in [0.1, 0.15) is 12.1 Å². The average molecular weight is 653 g/mol. The van der Waals surface area contributed by atoms with Gasteiger partial charge in [0.05, 0.1) is 17.1 Å². The predicted octanol–water partition coefficient (Wildman–Crippen LogP) is 7.46. The number of nitrogens with zero attached hydrogens (tertiary/aromatic N) is 5. The molecule has 234 valence electrons. The van der Waals surface area contributed by atoms with Crippen molar-refractivity contribution in [1.82, 2.24) is 20.1 Å². The number of amides is 1. The molecule has 0 spiro atoms. The van der Waals surface area contributed by atoms with Crippen molar-refractivity contribution in [3.8, 4) is 22.8 Å². The van der Waals surface area contributed by atoms with Crippen molar-refractivity contribution in [2.75, 3.05) is 10.7 Å². The van der Waals surface area contributed by atoms with Gasteiger partial charge in [-0.15, -0.1) is 18.3 Å². The minimum absolute atomic E-state index is 0.0241. The number of halogens is 3. The van der Waals surface area contributed by atoms with Gasteiger partial charge in [-0.1, -0.05) is 75.0 Å². The first-order valence-electron chi connectivity index (χ1n) is 14.2. The summed E-state index contributed by atoms with van der Waals surface area (Å²) in [6.07, 6.45) is -3.25. The van der Waals surface area contributed by atoms with Gasteiger partial charge in [0.15, 0.2) is 16.1 Å². The van der Waals surface area contributed by atoms with E-state index in [0.29, 0.717) is 27.5 Å². The Bertz CT molecular complexity index is 1710. The summed E-state index contributed by atoms with van der Waals surface area (Å²) in [5.74, 6) is 0.754. The number of hydrogen-bond acceptors (Lipinski definition) is 6. The lowest BCUT2D eigenvalue weighted by atomic mass is 9.93. The van der Waals surface area contributed by atoms with Crippen LogP contribution in [0.5, 0.6) is 5.75 Å². The largest absolute Gasteiger partial charge is 0.573 e. The fourth-order valence-electron chi connectivity index (χ4n) is 4.84. The number of rotatable bonds is 8. The molecule has 0 bridgehead atoms. The minimum atomic E-state index is -4.75. The Morgan fingerprint density at radius 1 is 1.02 bits per heavy atom. The molecule has 1 saturated heterocycles. The van der Waals surface area contributed by atoms with Crippen molar-refractivity contribution in [1.29, 1.82) is 0 Å². The number of anilines is 1. The van der Waals surface area contributed by atoms with E-state index in [-0.39, 0.29) is 29.5 Å². The van der Waals surface area contributed by atoms with Gasteiger partial charge >= 0.3 is 6.36 Å². The summed E-state index contributed by atoms with van der Waals surface area (Å²) in [6, 6.07) is 21.0. The summed E-state index contributed by atoms with van der Waals surface area (Å²) in [4.78, 5) is 23.5. The van der Waals surface area contributed by atoms with Crippen molar-refractivity contribution < 1.29 is 22.7 Å². The molecule has 2 atom stereocenters. The first-order valence-corrected chi connectivity index (χ1v) is 15.6. The van der Waals surface area contributed by atoms with E-state index >= 15 is 0 Å². The zero-order valence-electron chi connectivity index (χ0n) is 24.9. The first kappa shape index (κ1) is 32.2. The Labute approximate surface area is 268 Å². The van der Waals surface area contributed by atoms with Crippen LogP contribution in [0.15, 0.2) is 84.1 Å². The number of hydrogen-bond donors (Lipinski definition) is 1. The van der Waals surface area contributed by atoms with E-state index in [0.717, 1.165) is 22.4 Å². The number of aliphatic imine (C=N–C) groups is 1. The third kappa shape index (κ3) is 7.71. The maximum absolute atomic E-state index is 12.8. The maximum Gasteiger partial charge on any atom is 0.573 e. The number of para-hydroxylation sites is 1. The smallest absolute Gasteiger partial charge is 0.406 e.